The van der Waals surface area contributed by atoms with Crippen LogP contribution in [-0.4, -0.2) is 21.1 Å². The molecule has 0 amide bonds. The number of rotatable bonds is 6. The Morgan fingerprint density at radius 3 is 2.79 bits per heavy atom. The zero-order chi connectivity index (χ0) is 17.1. The average molecular weight is 356 g/mol. The van der Waals surface area contributed by atoms with Gasteiger partial charge in [0.25, 0.3) is 5.56 Å². The molecule has 0 aliphatic rings. The van der Waals surface area contributed by atoms with E-state index in [0.29, 0.717) is 22.6 Å². The maximum Gasteiger partial charge on any atom is 0.262 e. The second kappa shape index (κ2) is 7.15. The van der Waals surface area contributed by atoms with E-state index in [2.05, 4.69) is 11.6 Å². The summed E-state index contributed by atoms with van der Waals surface area (Å²) in [4.78, 5) is 30.3. The zero-order valence-electron chi connectivity index (χ0n) is 13.2. The van der Waals surface area contributed by atoms with Crippen molar-refractivity contribution in [1.29, 1.82) is 0 Å². The van der Waals surface area contributed by atoms with Crippen molar-refractivity contribution in [1.82, 2.24) is 9.55 Å². The number of carbonyl (C=O) groups is 1. The van der Waals surface area contributed by atoms with Gasteiger partial charge in [0.15, 0.2) is 10.9 Å². The van der Waals surface area contributed by atoms with E-state index in [9.17, 15) is 9.59 Å². The van der Waals surface area contributed by atoms with E-state index in [1.165, 1.54) is 23.1 Å². The van der Waals surface area contributed by atoms with E-state index in [0.717, 1.165) is 10.5 Å². The van der Waals surface area contributed by atoms with Crippen molar-refractivity contribution in [3.05, 3.63) is 69.2 Å². The summed E-state index contributed by atoms with van der Waals surface area (Å²) < 4.78 is 1.59. The lowest BCUT2D eigenvalue weighted by Crippen LogP contribution is -2.24. The minimum absolute atomic E-state index is 0.0410. The van der Waals surface area contributed by atoms with Gasteiger partial charge in [-0.3, -0.25) is 14.2 Å². The van der Waals surface area contributed by atoms with Crippen molar-refractivity contribution in [3.63, 3.8) is 0 Å². The lowest BCUT2D eigenvalue weighted by molar-refractivity contribution is 0.102. The molecule has 0 saturated carbocycles. The van der Waals surface area contributed by atoms with Crippen LogP contribution in [0, 0.1) is 0 Å². The molecule has 3 rings (SSSR count). The number of carbonyl (C=O) groups excluding carboxylic acids is 1. The number of nitrogens with zero attached hydrogens (tertiary/aromatic N) is 2. The fourth-order valence-corrected chi connectivity index (χ4v) is 3.94. The number of fused-ring (bicyclic) bond motifs is 1. The van der Waals surface area contributed by atoms with Gasteiger partial charge in [0, 0.05) is 6.54 Å². The summed E-state index contributed by atoms with van der Waals surface area (Å²) in [6.07, 6.45) is 0. The van der Waals surface area contributed by atoms with Crippen LogP contribution in [0.2, 0.25) is 0 Å². The third-order valence-corrected chi connectivity index (χ3v) is 5.27. The van der Waals surface area contributed by atoms with Crippen molar-refractivity contribution < 1.29 is 4.79 Å². The molecule has 0 spiro atoms. The van der Waals surface area contributed by atoms with Crippen LogP contribution in [0.1, 0.15) is 16.6 Å². The fourth-order valence-electron chi connectivity index (χ4n) is 2.31. The summed E-state index contributed by atoms with van der Waals surface area (Å²) in [5, 5.41) is 3.00. The topological polar surface area (TPSA) is 52.0 Å². The zero-order valence-corrected chi connectivity index (χ0v) is 14.8. The van der Waals surface area contributed by atoms with Gasteiger partial charge in [0.05, 0.1) is 21.5 Å². The van der Waals surface area contributed by atoms with Gasteiger partial charge in [-0.2, -0.15) is 0 Å². The Balaban J connectivity index is 1.97. The number of thiophene rings is 1. The number of aromatic nitrogens is 2. The van der Waals surface area contributed by atoms with Gasteiger partial charge < -0.3 is 0 Å². The predicted molar refractivity (Wildman–Crippen MR) is 100 cm³/mol. The van der Waals surface area contributed by atoms with Gasteiger partial charge >= 0.3 is 0 Å². The highest BCUT2D eigenvalue weighted by molar-refractivity contribution is 7.99. The molecule has 0 aliphatic carbocycles. The molecule has 122 valence electrons. The van der Waals surface area contributed by atoms with E-state index in [-0.39, 0.29) is 17.1 Å². The molecule has 0 atom stereocenters. The van der Waals surface area contributed by atoms with Crippen LogP contribution in [0.4, 0.5) is 0 Å². The van der Waals surface area contributed by atoms with Gasteiger partial charge in [-0.25, -0.2) is 4.98 Å². The summed E-state index contributed by atoms with van der Waals surface area (Å²) in [6.45, 7) is 6.15. The highest BCUT2D eigenvalue weighted by atomic mass is 32.2. The molecule has 0 bridgehead atoms. The third-order valence-electron chi connectivity index (χ3n) is 3.38. The molecular formula is C18H16N2O2S2. The fraction of sp³-hybridized carbons (Fsp3) is 0.167. The van der Waals surface area contributed by atoms with Gasteiger partial charge in [0.1, 0.15) is 0 Å². The summed E-state index contributed by atoms with van der Waals surface area (Å²) in [5.41, 5.74) is 1.40. The standard InChI is InChI=1S/C18H16N2O2S2/c1-12(2)10-20-17(22)13-6-3-4-7-14(13)19-18(20)24-11-15(21)16-8-5-9-23-16/h3-9H,1,10-11H2,2H3. The quantitative estimate of drug-likeness (QED) is 0.290. The largest absolute Gasteiger partial charge is 0.292 e. The van der Waals surface area contributed by atoms with E-state index < -0.39 is 0 Å². The first-order valence-corrected chi connectivity index (χ1v) is 9.26. The number of para-hydroxylation sites is 1. The van der Waals surface area contributed by atoms with Gasteiger partial charge in [-0.15, -0.1) is 11.3 Å². The smallest absolute Gasteiger partial charge is 0.262 e. The first-order chi connectivity index (χ1) is 11.6. The Labute approximate surface area is 147 Å². The van der Waals surface area contributed by atoms with E-state index in [1.807, 2.05) is 42.6 Å². The molecule has 4 nitrogen and oxygen atoms in total. The highest BCUT2D eigenvalue weighted by Gasteiger charge is 2.14. The lowest BCUT2D eigenvalue weighted by Gasteiger charge is -2.12. The second-order valence-corrected chi connectivity index (χ2v) is 7.34. The summed E-state index contributed by atoms with van der Waals surface area (Å²) in [7, 11) is 0. The van der Waals surface area contributed by atoms with Crippen LogP contribution >= 0.6 is 23.1 Å². The number of benzene rings is 1. The van der Waals surface area contributed by atoms with Crippen molar-refractivity contribution in [3.8, 4) is 0 Å². The van der Waals surface area contributed by atoms with Crippen LogP contribution in [0.15, 0.2) is 63.9 Å². The summed E-state index contributed by atoms with van der Waals surface area (Å²) >= 11 is 2.71. The monoisotopic (exact) mass is 356 g/mol. The van der Waals surface area contributed by atoms with Crippen molar-refractivity contribution in [2.24, 2.45) is 0 Å². The molecule has 0 saturated heterocycles. The van der Waals surface area contributed by atoms with Crippen LogP contribution in [0.3, 0.4) is 0 Å². The van der Waals surface area contributed by atoms with Gasteiger partial charge in [-0.1, -0.05) is 42.1 Å². The summed E-state index contributed by atoms with van der Waals surface area (Å²) in [5.74, 6) is 0.292. The van der Waals surface area contributed by atoms with Gasteiger partial charge in [0.2, 0.25) is 0 Å². The van der Waals surface area contributed by atoms with Crippen LogP contribution < -0.4 is 5.56 Å². The molecule has 0 N–H and O–H groups in total. The number of thioether (sulfide) groups is 1. The maximum atomic E-state index is 12.7. The number of Topliss-reactive ketones (excluding diaryl/α,β-unsaturated/α-hetero) is 1. The first kappa shape index (κ1) is 16.7. The molecular weight excluding hydrogens is 340 g/mol. The molecule has 0 unspecified atom stereocenters. The van der Waals surface area contributed by atoms with Crippen LogP contribution in [0.25, 0.3) is 10.9 Å². The minimum atomic E-state index is -0.102. The minimum Gasteiger partial charge on any atom is -0.292 e. The van der Waals surface area contributed by atoms with E-state index in [1.54, 1.807) is 10.6 Å². The molecule has 24 heavy (non-hydrogen) atoms. The molecule has 0 aliphatic heterocycles. The molecule has 0 fully saturated rings. The normalized spacial score (nSPS) is 10.9. The average Bonchev–Trinajstić information content (AvgIpc) is 3.10. The first-order valence-electron chi connectivity index (χ1n) is 7.39. The van der Waals surface area contributed by atoms with Crippen molar-refractivity contribution >= 4 is 39.8 Å². The molecule has 1 aromatic carbocycles. The Bertz CT molecular complexity index is 959. The Morgan fingerprint density at radius 2 is 2.08 bits per heavy atom. The maximum absolute atomic E-state index is 12.7. The van der Waals surface area contributed by atoms with E-state index >= 15 is 0 Å². The number of hydrogen-bond donors (Lipinski definition) is 0. The number of hydrogen-bond acceptors (Lipinski definition) is 5. The molecule has 2 heterocycles. The Hall–Kier alpha value is -2.18. The highest BCUT2D eigenvalue weighted by Crippen LogP contribution is 2.21. The van der Waals surface area contributed by atoms with Gasteiger partial charge in [-0.05, 0) is 30.5 Å². The molecule has 3 aromatic rings. The molecule has 0 radical (unpaired) electrons. The Morgan fingerprint density at radius 1 is 1.29 bits per heavy atom. The SMILES string of the molecule is C=C(C)Cn1c(SCC(=O)c2cccs2)nc2ccccc2c1=O. The second-order valence-electron chi connectivity index (χ2n) is 5.45. The molecule has 6 heteroatoms. The Kier molecular flexibility index (Phi) is 4.97. The predicted octanol–water partition coefficient (Wildman–Crippen LogP) is 4.01. The molecule has 2 aromatic heterocycles. The van der Waals surface area contributed by atoms with Crippen molar-refractivity contribution in [2.75, 3.05) is 5.75 Å². The number of ketones is 1. The summed E-state index contributed by atoms with van der Waals surface area (Å²) in [6, 6.07) is 10.9. The van der Waals surface area contributed by atoms with Crippen LogP contribution in [-0.2, 0) is 6.54 Å². The number of allylic oxidation sites excluding steroid dienone is 1. The third kappa shape index (κ3) is 3.49. The van der Waals surface area contributed by atoms with E-state index in [4.69, 9.17) is 0 Å². The van der Waals surface area contributed by atoms with Crippen molar-refractivity contribution in [2.45, 2.75) is 18.6 Å². The lowest BCUT2D eigenvalue weighted by atomic mass is 10.2. The van der Waals surface area contributed by atoms with Crippen LogP contribution in [0.5, 0.6) is 0 Å².